The number of hydrogen-bond acceptors (Lipinski definition) is 7. The normalized spacial score (nSPS) is 18.5. The molecule has 1 aromatic carbocycles. The number of aromatic nitrogens is 1. The van der Waals surface area contributed by atoms with Gasteiger partial charge >= 0.3 is 0 Å². The van der Waals surface area contributed by atoms with Crippen molar-refractivity contribution in [3.63, 3.8) is 0 Å². The molecule has 1 aromatic heterocycles. The van der Waals surface area contributed by atoms with Crippen molar-refractivity contribution in [1.29, 1.82) is 0 Å². The van der Waals surface area contributed by atoms with E-state index in [0.717, 1.165) is 17.3 Å². The Hall–Kier alpha value is -2.00. The minimum atomic E-state index is -0.210. The summed E-state index contributed by atoms with van der Waals surface area (Å²) in [5.41, 5.74) is 1.46. The van der Waals surface area contributed by atoms with Gasteiger partial charge in [-0.25, -0.2) is 4.98 Å². The quantitative estimate of drug-likeness (QED) is 0.766. The Morgan fingerprint density at radius 3 is 2.83 bits per heavy atom. The summed E-state index contributed by atoms with van der Waals surface area (Å²) >= 11 is 2.27. The second-order valence-corrected chi connectivity index (χ2v) is 7.36. The molecule has 3 amide bonds. The summed E-state index contributed by atoms with van der Waals surface area (Å²) in [5, 5.41) is 0.251. The number of benzene rings is 1. The molecule has 2 saturated heterocycles. The Morgan fingerprint density at radius 1 is 1.33 bits per heavy atom. The number of amides is 3. The zero-order valence-corrected chi connectivity index (χ0v) is 14.1. The number of likely N-dealkylation sites (tertiary alicyclic amines) is 1. The van der Waals surface area contributed by atoms with Crippen molar-refractivity contribution in [2.24, 2.45) is 0 Å². The molecule has 9 heteroatoms. The summed E-state index contributed by atoms with van der Waals surface area (Å²) in [6, 6.07) is 7.25. The Bertz CT molecular complexity index is 782. The molecule has 2 fully saturated rings. The van der Waals surface area contributed by atoms with Gasteiger partial charge in [-0.15, -0.1) is 0 Å². The summed E-state index contributed by atoms with van der Waals surface area (Å²) in [7, 11) is 0. The van der Waals surface area contributed by atoms with Crippen LogP contribution in [0, 0.1) is 0 Å². The van der Waals surface area contributed by atoms with Gasteiger partial charge in [-0.05, 0) is 12.1 Å². The first-order valence-corrected chi connectivity index (χ1v) is 9.34. The van der Waals surface area contributed by atoms with E-state index in [1.54, 1.807) is 4.90 Å². The summed E-state index contributed by atoms with van der Waals surface area (Å²) < 4.78 is 5.56. The van der Waals surface area contributed by atoms with Crippen LogP contribution in [-0.4, -0.2) is 62.5 Å². The fraction of sp³-hybridized carbons (Fsp3) is 0.333. The van der Waals surface area contributed by atoms with Gasteiger partial charge in [0.1, 0.15) is 5.52 Å². The molecule has 0 spiro atoms. The Kier molecular flexibility index (Phi) is 3.97. The number of hydrogen-bond donors (Lipinski definition) is 0. The summed E-state index contributed by atoms with van der Waals surface area (Å²) in [6.07, 6.45) is 0. The summed E-state index contributed by atoms with van der Waals surface area (Å²) in [6.45, 7) is 0.815. The van der Waals surface area contributed by atoms with Gasteiger partial charge in [0, 0.05) is 13.1 Å². The highest BCUT2D eigenvalue weighted by atomic mass is 32.2. The molecule has 7 nitrogen and oxygen atoms in total. The van der Waals surface area contributed by atoms with E-state index < -0.39 is 0 Å². The first kappa shape index (κ1) is 15.5. The molecule has 0 saturated carbocycles. The molecule has 0 atom stereocenters. The zero-order chi connectivity index (χ0) is 16.7. The first-order valence-electron chi connectivity index (χ1n) is 7.37. The Labute approximate surface area is 145 Å². The highest BCUT2D eigenvalue weighted by molar-refractivity contribution is 8.14. The zero-order valence-electron chi connectivity index (χ0n) is 12.5. The van der Waals surface area contributed by atoms with Crippen LogP contribution in [-0.2, 0) is 9.59 Å². The van der Waals surface area contributed by atoms with Crippen LogP contribution in [0.25, 0.3) is 11.1 Å². The maximum atomic E-state index is 12.2. The lowest BCUT2D eigenvalue weighted by atomic mass is 10.1. The Balaban J connectivity index is 1.30. The molecule has 124 valence electrons. The second kappa shape index (κ2) is 6.14. The third-order valence-electron chi connectivity index (χ3n) is 3.96. The molecule has 2 aliphatic rings. The average Bonchev–Trinajstić information content (AvgIpc) is 3.09. The van der Waals surface area contributed by atoms with Gasteiger partial charge < -0.3 is 9.32 Å². The molecule has 0 unspecified atom stereocenters. The van der Waals surface area contributed by atoms with E-state index in [-0.39, 0.29) is 34.6 Å². The van der Waals surface area contributed by atoms with Crippen molar-refractivity contribution in [3.8, 4) is 0 Å². The van der Waals surface area contributed by atoms with Gasteiger partial charge in [-0.2, -0.15) is 0 Å². The molecule has 0 bridgehead atoms. The fourth-order valence-corrected chi connectivity index (χ4v) is 4.18. The molecule has 24 heavy (non-hydrogen) atoms. The lowest BCUT2D eigenvalue weighted by molar-refractivity contribution is -0.139. The molecule has 0 N–H and O–H groups in total. The van der Waals surface area contributed by atoms with Gasteiger partial charge in [-0.3, -0.25) is 19.3 Å². The van der Waals surface area contributed by atoms with Crippen LogP contribution < -0.4 is 0 Å². The van der Waals surface area contributed by atoms with Crippen molar-refractivity contribution in [2.45, 2.75) is 11.3 Å². The van der Waals surface area contributed by atoms with E-state index in [9.17, 15) is 14.4 Å². The van der Waals surface area contributed by atoms with Crippen LogP contribution in [0.2, 0.25) is 0 Å². The lowest BCUT2D eigenvalue weighted by Gasteiger charge is -2.42. The third kappa shape index (κ3) is 2.78. The third-order valence-corrected chi connectivity index (χ3v) is 5.61. The predicted octanol–water partition coefficient (Wildman–Crippen LogP) is 1.83. The number of fused-ring (bicyclic) bond motifs is 1. The molecule has 3 heterocycles. The van der Waals surface area contributed by atoms with Crippen LogP contribution in [0.4, 0.5) is 4.79 Å². The molecular formula is C15H13N3O4S2. The van der Waals surface area contributed by atoms with Crippen molar-refractivity contribution in [1.82, 2.24) is 14.8 Å². The van der Waals surface area contributed by atoms with Gasteiger partial charge in [-0.1, -0.05) is 35.7 Å². The van der Waals surface area contributed by atoms with Crippen molar-refractivity contribution in [2.75, 3.05) is 24.6 Å². The van der Waals surface area contributed by atoms with E-state index in [2.05, 4.69) is 4.98 Å². The number of carbonyl (C=O) groups excluding carboxylic acids is 3. The van der Waals surface area contributed by atoms with Crippen molar-refractivity contribution >= 4 is 51.7 Å². The predicted molar refractivity (Wildman–Crippen MR) is 89.8 cm³/mol. The smallest absolute Gasteiger partial charge is 0.289 e. The topological polar surface area (TPSA) is 83.7 Å². The van der Waals surface area contributed by atoms with Crippen LogP contribution in [0.5, 0.6) is 0 Å². The monoisotopic (exact) mass is 363 g/mol. The number of carbonyl (C=O) groups is 3. The first-order chi connectivity index (χ1) is 11.6. The number of nitrogens with zero attached hydrogens (tertiary/aromatic N) is 3. The summed E-state index contributed by atoms with van der Waals surface area (Å²) in [5.74, 6) is 0.209. The number of oxazole rings is 1. The molecule has 2 aliphatic heterocycles. The maximum absolute atomic E-state index is 12.2. The SMILES string of the molecule is O=C(CSc1nc2ccccc2o1)N1CC(N2C(=O)CSC2=O)C1. The van der Waals surface area contributed by atoms with E-state index in [4.69, 9.17) is 4.42 Å². The number of para-hydroxylation sites is 2. The van der Waals surface area contributed by atoms with E-state index in [1.807, 2.05) is 24.3 Å². The molecular weight excluding hydrogens is 350 g/mol. The van der Waals surface area contributed by atoms with Gasteiger partial charge in [0.05, 0.1) is 17.5 Å². The summed E-state index contributed by atoms with van der Waals surface area (Å²) in [4.78, 5) is 42.7. The van der Waals surface area contributed by atoms with Gasteiger partial charge in [0.15, 0.2) is 5.58 Å². The van der Waals surface area contributed by atoms with E-state index >= 15 is 0 Å². The number of rotatable bonds is 4. The minimum absolute atomic E-state index is 0.0507. The van der Waals surface area contributed by atoms with Crippen molar-refractivity contribution < 1.29 is 18.8 Å². The molecule has 0 radical (unpaired) electrons. The number of thioether (sulfide) groups is 2. The second-order valence-electron chi connectivity index (χ2n) is 5.51. The van der Waals surface area contributed by atoms with Crippen molar-refractivity contribution in [3.05, 3.63) is 24.3 Å². The van der Waals surface area contributed by atoms with Crippen LogP contribution in [0.1, 0.15) is 0 Å². The lowest BCUT2D eigenvalue weighted by Crippen LogP contribution is -2.62. The van der Waals surface area contributed by atoms with Crippen LogP contribution in [0.3, 0.4) is 0 Å². The van der Waals surface area contributed by atoms with Gasteiger partial charge in [0.2, 0.25) is 11.8 Å². The van der Waals surface area contributed by atoms with E-state index in [0.29, 0.717) is 23.9 Å². The standard InChI is InChI=1S/C15H13N3O4S2/c19-12(7-23-14-16-10-3-1-2-4-11(10)22-14)17-5-9(6-17)18-13(20)8-24-15(18)21/h1-4,9H,5-8H2. The minimum Gasteiger partial charge on any atom is -0.431 e. The molecule has 2 aromatic rings. The van der Waals surface area contributed by atoms with Crippen LogP contribution >= 0.6 is 23.5 Å². The average molecular weight is 363 g/mol. The highest BCUT2D eigenvalue weighted by Crippen LogP contribution is 2.28. The molecule has 0 aliphatic carbocycles. The fourth-order valence-electron chi connectivity index (χ4n) is 2.67. The maximum Gasteiger partial charge on any atom is 0.289 e. The number of imide groups is 1. The van der Waals surface area contributed by atoms with Gasteiger partial charge in [0.25, 0.3) is 10.5 Å². The van der Waals surface area contributed by atoms with E-state index in [1.165, 1.54) is 16.7 Å². The largest absolute Gasteiger partial charge is 0.431 e. The highest BCUT2D eigenvalue weighted by Gasteiger charge is 2.43. The Morgan fingerprint density at radius 2 is 2.12 bits per heavy atom. The van der Waals surface area contributed by atoms with Crippen LogP contribution in [0.15, 0.2) is 33.9 Å². The molecule has 4 rings (SSSR count).